The molecule has 0 radical (unpaired) electrons. The van der Waals surface area contributed by atoms with Crippen LogP contribution in [0.2, 0.25) is 0 Å². The molecule has 0 saturated heterocycles. The number of rotatable bonds is 3. The fraction of sp³-hybridized carbons (Fsp3) is 0.0769. The van der Waals surface area contributed by atoms with Crippen LogP contribution < -0.4 is 9.47 Å². The Morgan fingerprint density at radius 1 is 1.32 bits per heavy atom. The number of ether oxygens (including phenoxy) is 2. The number of pyridine rings is 1. The molecule has 19 heavy (non-hydrogen) atoms. The van der Waals surface area contributed by atoms with Crippen molar-refractivity contribution < 1.29 is 13.9 Å². The van der Waals surface area contributed by atoms with Crippen molar-refractivity contribution in [3.63, 3.8) is 0 Å². The van der Waals surface area contributed by atoms with Crippen molar-refractivity contribution >= 4 is 12.2 Å². The van der Waals surface area contributed by atoms with Crippen molar-refractivity contribution in [1.82, 2.24) is 4.98 Å². The minimum absolute atomic E-state index is 0.00194. The van der Waals surface area contributed by atoms with Crippen molar-refractivity contribution in [2.75, 3.05) is 7.11 Å². The average Bonchev–Trinajstić information content (AvgIpc) is 2.41. The Bertz CT molecular complexity index is 707. The lowest BCUT2D eigenvalue weighted by Crippen LogP contribution is -1.93. The zero-order valence-electron chi connectivity index (χ0n) is 9.94. The number of hydrogen-bond acceptors (Lipinski definition) is 4. The van der Waals surface area contributed by atoms with E-state index < -0.39 is 5.82 Å². The van der Waals surface area contributed by atoms with E-state index in [4.69, 9.17) is 27.0 Å². The number of H-pyrrole nitrogens is 1. The van der Waals surface area contributed by atoms with Crippen molar-refractivity contribution in [3.8, 4) is 23.3 Å². The van der Waals surface area contributed by atoms with Crippen molar-refractivity contribution in [1.29, 1.82) is 5.26 Å². The average molecular weight is 276 g/mol. The van der Waals surface area contributed by atoms with Crippen LogP contribution in [0.5, 0.6) is 17.2 Å². The van der Waals surface area contributed by atoms with Crippen LogP contribution in [-0.2, 0) is 0 Å². The smallest absolute Gasteiger partial charge is 0.169 e. The topological polar surface area (TPSA) is 58.0 Å². The van der Waals surface area contributed by atoms with E-state index in [1.807, 2.05) is 6.07 Å². The Hall–Kier alpha value is -2.39. The highest BCUT2D eigenvalue weighted by molar-refractivity contribution is 7.71. The molecule has 96 valence electrons. The first-order chi connectivity index (χ1) is 9.15. The van der Waals surface area contributed by atoms with Crippen LogP contribution in [0, 0.1) is 21.8 Å². The molecule has 0 spiro atoms. The summed E-state index contributed by atoms with van der Waals surface area (Å²) in [6, 6.07) is 7.62. The minimum atomic E-state index is -0.581. The van der Waals surface area contributed by atoms with Gasteiger partial charge >= 0.3 is 0 Å². The summed E-state index contributed by atoms with van der Waals surface area (Å²) in [5.41, 5.74) is 0.160. The summed E-state index contributed by atoms with van der Waals surface area (Å²) in [6.45, 7) is 0. The standard InChI is InChI=1S/C13H9FN2O2S/c1-17-8-2-3-12(10(14)6-8)18-11-4-5-16-13(19)9(11)7-15/h2-6H,1H3,(H,16,19). The van der Waals surface area contributed by atoms with Crippen LogP contribution in [0.15, 0.2) is 30.5 Å². The maximum atomic E-state index is 13.7. The van der Waals surface area contributed by atoms with Gasteiger partial charge in [0.05, 0.1) is 7.11 Å². The van der Waals surface area contributed by atoms with Crippen LogP contribution in [0.4, 0.5) is 4.39 Å². The molecular weight excluding hydrogens is 267 g/mol. The van der Waals surface area contributed by atoms with Crippen LogP contribution in [0.3, 0.4) is 0 Å². The van der Waals surface area contributed by atoms with Gasteiger partial charge in [-0.15, -0.1) is 0 Å². The summed E-state index contributed by atoms with van der Waals surface area (Å²) in [5.74, 6) is 0.00548. The summed E-state index contributed by atoms with van der Waals surface area (Å²) in [6.07, 6.45) is 1.53. The number of benzene rings is 1. The Morgan fingerprint density at radius 2 is 2.11 bits per heavy atom. The van der Waals surface area contributed by atoms with E-state index in [9.17, 15) is 4.39 Å². The van der Waals surface area contributed by atoms with Gasteiger partial charge in [-0.2, -0.15) is 5.26 Å². The quantitative estimate of drug-likeness (QED) is 0.871. The molecule has 0 unspecified atom stereocenters. The molecule has 0 amide bonds. The van der Waals surface area contributed by atoms with E-state index in [0.29, 0.717) is 5.75 Å². The van der Waals surface area contributed by atoms with E-state index in [2.05, 4.69) is 4.98 Å². The van der Waals surface area contributed by atoms with Gasteiger partial charge in [0.1, 0.15) is 27.8 Å². The van der Waals surface area contributed by atoms with Crippen molar-refractivity contribution in [2.45, 2.75) is 0 Å². The second-order valence-corrected chi connectivity index (χ2v) is 3.96. The lowest BCUT2D eigenvalue weighted by atomic mass is 10.2. The number of halogens is 1. The van der Waals surface area contributed by atoms with Crippen LogP contribution >= 0.6 is 12.2 Å². The van der Waals surface area contributed by atoms with Crippen LogP contribution in [0.25, 0.3) is 0 Å². The van der Waals surface area contributed by atoms with Gasteiger partial charge in [-0.25, -0.2) is 4.39 Å². The molecule has 2 rings (SSSR count). The van der Waals surface area contributed by atoms with Gasteiger partial charge in [0.25, 0.3) is 0 Å². The predicted molar refractivity (Wildman–Crippen MR) is 69.4 cm³/mol. The fourth-order valence-corrected chi connectivity index (χ4v) is 1.68. The highest BCUT2D eigenvalue weighted by Crippen LogP contribution is 2.29. The number of aromatic amines is 1. The van der Waals surface area contributed by atoms with E-state index in [1.165, 1.54) is 31.5 Å². The molecule has 6 heteroatoms. The van der Waals surface area contributed by atoms with Crippen molar-refractivity contribution in [3.05, 3.63) is 46.5 Å². The molecule has 0 fully saturated rings. The van der Waals surface area contributed by atoms with Gasteiger partial charge in [0.15, 0.2) is 11.6 Å². The molecule has 4 nitrogen and oxygen atoms in total. The molecule has 1 N–H and O–H groups in total. The molecule has 0 aliphatic carbocycles. The van der Waals surface area contributed by atoms with Gasteiger partial charge in [0.2, 0.25) is 0 Å². The lowest BCUT2D eigenvalue weighted by Gasteiger charge is -2.09. The van der Waals surface area contributed by atoms with Gasteiger partial charge in [-0.1, -0.05) is 12.2 Å². The molecule has 0 aliphatic heterocycles. The monoisotopic (exact) mass is 276 g/mol. The number of nitriles is 1. The number of aromatic nitrogens is 1. The first-order valence-electron chi connectivity index (χ1n) is 5.29. The summed E-state index contributed by atoms with van der Waals surface area (Å²) < 4.78 is 24.2. The first-order valence-corrected chi connectivity index (χ1v) is 5.69. The van der Waals surface area contributed by atoms with Gasteiger partial charge in [0, 0.05) is 12.3 Å². The molecular formula is C13H9FN2O2S. The molecule has 0 aliphatic rings. The molecule has 0 atom stereocenters. The Kier molecular flexibility index (Phi) is 3.78. The normalized spacial score (nSPS) is 9.74. The van der Waals surface area contributed by atoms with Gasteiger partial charge in [-0.05, 0) is 18.2 Å². The highest BCUT2D eigenvalue weighted by atomic mass is 32.1. The molecule has 1 aromatic carbocycles. The molecule has 1 heterocycles. The third-order valence-electron chi connectivity index (χ3n) is 2.39. The summed E-state index contributed by atoms with van der Waals surface area (Å²) in [4.78, 5) is 2.71. The fourth-order valence-electron chi connectivity index (χ4n) is 1.46. The van der Waals surface area contributed by atoms with Crippen molar-refractivity contribution in [2.24, 2.45) is 0 Å². The SMILES string of the molecule is COc1ccc(Oc2cc[nH]c(=S)c2C#N)c(F)c1. The molecule has 1 aromatic heterocycles. The number of hydrogen-bond donors (Lipinski definition) is 1. The van der Waals surface area contributed by atoms with E-state index in [-0.39, 0.29) is 21.7 Å². The largest absolute Gasteiger partial charge is 0.497 e. The Morgan fingerprint density at radius 3 is 2.74 bits per heavy atom. The second-order valence-electron chi connectivity index (χ2n) is 3.56. The number of nitrogens with zero attached hydrogens (tertiary/aromatic N) is 1. The maximum Gasteiger partial charge on any atom is 0.169 e. The Balaban J connectivity index is 2.40. The van der Waals surface area contributed by atoms with E-state index in [1.54, 1.807) is 6.07 Å². The Labute approximate surface area is 114 Å². The number of methoxy groups -OCH3 is 1. The second kappa shape index (κ2) is 5.50. The van der Waals surface area contributed by atoms with Crippen LogP contribution in [0.1, 0.15) is 5.56 Å². The third-order valence-corrected chi connectivity index (χ3v) is 2.72. The van der Waals surface area contributed by atoms with Gasteiger partial charge in [-0.3, -0.25) is 0 Å². The summed E-state index contributed by atoms with van der Waals surface area (Å²) in [5, 5.41) is 9.00. The molecule has 0 bridgehead atoms. The predicted octanol–water partition coefficient (Wildman–Crippen LogP) is 3.56. The zero-order valence-corrected chi connectivity index (χ0v) is 10.8. The summed E-state index contributed by atoms with van der Waals surface area (Å²) >= 11 is 4.96. The number of nitrogens with one attached hydrogen (secondary N) is 1. The van der Waals surface area contributed by atoms with Gasteiger partial charge < -0.3 is 14.5 Å². The first kappa shape index (κ1) is 13.1. The van der Waals surface area contributed by atoms with Crippen LogP contribution in [-0.4, -0.2) is 12.1 Å². The molecule has 0 saturated carbocycles. The molecule has 2 aromatic rings. The minimum Gasteiger partial charge on any atom is -0.497 e. The maximum absolute atomic E-state index is 13.7. The lowest BCUT2D eigenvalue weighted by molar-refractivity contribution is 0.402. The van der Waals surface area contributed by atoms with E-state index in [0.717, 1.165) is 0 Å². The summed E-state index contributed by atoms with van der Waals surface area (Å²) in [7, 11) is 1.44. The van der Waals surface area contributed by atoms with E-state index >= 15 is 0 Å². The third kappa shape index (κ3) is 2.72. The zero-order chi connectivity index (χ0) is 13.8. The highest BCUT2D eigenvalue weighted by Gasteiger charge is 2.10.